The number of carboxylic acids is 1. The Morgan fingerprint density at radius 3 is 2.65 bits per heavy atom. The van der Waals surface area contributed by atoms with Gasteiger partial charge in [-0.2, -0.15) is 0 Å². The molecule has 1 N–H and O–H groups in total. The minimum Gasteiger partial charge on any atom is -0.480 e. The van der Waals surface area contributed by atoms with Gasteiger partial charge >= 0.3 is 5.97 Å². The lowest BCUT2D eigenvalue weighted by Crippen LogP contribution is -2.19. The first kappa shape index (κ1) is 14.6. The first-order valence-corrected chi connectivity index (χ1v) is 7.50. The summed E-state index contributed by atoms with van der Waals surface area (Å²) in [7, 11) is 0. The van der Waals surface area contributed by atoms with Crippen LogP contribution in [0, 0.1) is 6.92 Å². The van der Waals surface area contributed by atoms with Crippen LogP contribution >= 0.6 is 11.8 Å². The van der Waals surface area contributed by atoms with Crippen molar-refractivity contribution in [2.45, 2.75) is 24.3 Å². The van der Waals surface area contributed by atoms with Crippen LogP contribution in [0.2, 0.25) is 0 Å². The molecule has 3 nitrogen and oxygen atoms in total. The van der Waals surface area contributed by atoms with Crippen molar-refractivity contribution in [2.24, 2.45) is 0 Å². The second kappa shape index (κ2) is 7.10. The van der Waals surface area contributed by atoms with Gasteiger partial charge in [0.1, 0.15) is 5.25 Å². The van der Waals surface area contributed by atoms with Gasteiger partial charge in [-0.05, 0) is 30.5 Å². The number of hydrogen-bond donors (Lipinski definition) is 1. The fraction of sp³-hybridized carbons (Fsp3) is 0.250. The lowest BCUT2D eigenvalue weighted by molar-refractivity contribution is -0.136. The Morgan fingerprint density at radius 2 is 2.00 bits per heavy atom. The molecule has 1 atom stereocenters. The number of aryl methyl sites for hydroxylation is 1. The van der Waals surface area contributed by atoms with Gasteiger partial charge < -0.3 is 5.11 Å². The van der Waals surface area contributed by atoms with Crippen LogP contribution in [0.25, 0.3) is 0 Å². The smallest absolute Gasteiger partial charge is 0.316 e. The van der Waals surface area contributed by atoms with Gasteiger partial charge in [-0.15, -0.1) is 11.8 Å². The molecule has 0 radical (unpaired) electrons. The maximum atomic E-state index is 11.4. The summed E-state index contributed by atoms with van der Waals surface area (Å²) in [5.74, 6) is -0.149. The molecule has 1 heterocycles. The Morgan fingerprint density at radius 1 is 1.25 bits per heavy atom. The van der Waals surface area contributed by atoms with Crippen LogP contribution in [0.1, 0.15) is 16.8 Å². The Kier molecular flexibility index (Phi) is 5.18. The number of thioether (sulfide) groups is 1. The SMILES string of the molecule is Cc1cccnc1CSC(Cc1ccccc1)C(=O)O. The van der Waals surface area contributed by atoms with E-state index in [1.807, 2.05) is 49.4 Å². The van der Waals surface area contributed by atoms with Crippen molar-refractivity contribution < 1.29 is 9.90 Å². The molecule has 0 aliphatic carbocycles. The van der Waals surface area contributed by atoms with Gasteiger partial charge in [0, 0.05) is 11.9 Å². The lowest BCUT2D eigenvalue weighted by Gasteiger charge is -2.12. The molecule has 0 saturated heterocycles. The van der Waals surface area contributed by atoms with Crippen molar-refractivity contribution in [3.05, 3.63) is 65.5 Å². The van der Waals surface area contributed by atoms with Crippen molar-refractivity contribution >= 4 is 17.7 Å². The molecule has 0 spiro atoms. The van der Waals surface area contributed by atoms with E-state index in [-0.39, 0.29) is 0 Å². The largest absolute Gasteiger partial charge is 0.480 e. The zero-order chi connectivity index (χ0) is 14.4. The number of pyridine rings is 1. The lowest BCUT2D eigenvalue weighted by atomic mass is 10.1. The summed E-state index contributed by atoms with van der Waals surface area (Å²) in [6, 6.07) is 13.6. The van der Waals surface area contributed by atoms with Gasteiger partial charge in [-0.1, -0.05) is 36.4 Å². The van der Waals surface area contributed by atoms with E-state index in [1.165, 1.54) is 11.8 Å². The Bertz CT molecular complexity index is 572. The second-order valence-electron chi connectivity index (χ2n) is 4.59. The van der Waals surface area contributed by atoms with Crippen molar-refractivity contribution in [3.8, 4) is 0 Å². The molecule has 4 heteroatoms. The van der Waals surface area contributed by atoms with Crippen molar-refractivity contribution in [3.63, 3.8) is 0 Å². The highest BCUT2D eigenvalue weighted by atomic mass is 32.2. The van der Waals surface area contributed by atoms with E-state index in [0.717, 1.165) is 16.8 Å². The summed E-state index contributed by atoms with van der Waals surface area (Å²) < 4.78 is 0. The zero-order valence-corrected chi connectivity index (χ0v) is 12.1. The molecule has 20 heavy (non-hydrogen) atoms. The van der Waals surface area contributed by atoms with Crippen LogP contribution in [0.15, 0.2) is 48.7 Å². The monoisotopic (exact) mass is 287 g/mol. The average molecular weight is 287 g/mol. The first-order valence-electron chi connectivity index (χ1n) is 6.45. The molecule has 0 aliphatic heterocycles. The number of nitrogens with zero attached hydrogens (tertiary/aromatic N) is 1. The van der Waals surface area contributed by atoms with Gasteiger partial charge in [0.15, 0.2) is 0 Å². The fourth-order valence-electron chi connectivity index (χ4n) is 1.89. The standard InChI is InChI=1S/C16H17NO2S/c1-12-6-5-9-17-14(12)11-20-15(16(18)19)10-13-7-3-2-4-8-13/h2-9,15H,10-11H2,1H3,(H,18,19). The van der Waals surface area contributed by atoms with Gasteiger partial charge in [-0.25, -0.2) is 0 Å². The summed E-state index contributed by atoms with van der Waals surface area (Å²) in [6.45, 7) is 2.00. The summed E-state index contributed by atoms with van der Waals surface area (Å²) in [6.07, 6.45) is 2.28. The second-order valence-corrected chi connectivity index (χ2v) is 5.79. The van der Waals surface area contributed by atoms with Crippen LogP contribution in [-0.2, 0) is 17.0 Å². The summed E-state index contributed by atoms with van der Waals surface area (Å²) in [4.78, 5) is 15.7. The van der Waals surface area contributed by atoms with Crippen LogP contribution in [0.5, 0.6) is 0 Å². The van der Waals surface area contributed by atoms with Crippen LogP contribution in [0.3, 0.4) is 0 Å². The number of benzene rings is 1. The Balaban J connectivity index is 2.00. The molecule has 0 bridgehead atoms. The molecule has 1 unspecified atom stereocenters. The number of aliphatic carboxylic acids is 1. The van der Waals surface area contributed by atoms with Crippen LogP contribution in [0.4, 0.5) is 0 Å². The minimum absolute atomic E-state index is 0.446. The van der Waals surface area contributed by atoms with E-state index < -0.39 is 11.2 Å². The number of carboxylic acid groups (broad SMARTS) is 1. The highest BCUT2D eigenvalue weighted by Crippen LogP contribution is 2.22. The predicted octanol–water partition coefficient (Wildman–Crippen LogP) is 3.32. The molecule has 0 saturated carbocycles. The van der Waals surface area contributed by atoms with Crippen molar-refractivity contribution in [1.29, 1.82) is 0 Å². The van der Waals surface area contributed by atoms with Crippen molar-refractivity contribution in [2.75, 3.05) is 0 Å². The highest BCUT2D eigenvalue weighted by Gasteiger charge is 2.19. The van der Waals surface area contributed by atoms with E-state index in [0.29, 0.717) is 12.2 Å². The van der Waals surface area contributed by atoms with Gasteiger partial charge in [0.25, 0.3) is 0 Å². The molecular weight excluding hydrogens is 270 g/mol. The third kappa shape index (κ3) is 4.10. The Hall–Kier alpha value is -1.81. The Labute approximate surface area is 123 Å². The summed E-state index contributed by atoms with van der Waals surface area (Å²) >= 11 is 1.43. The zero-order valence-electron chi connectivity index (χ0n) is 11.3. The molecule has 0 amide bonds. The molecule has 1 aromatic carbocycles. The van der Waals surface area contributed by atoms with Crippen molar-refractivity contribution in [1.82, 2.24) is 4.98 Å². The molecular formula is C16H17NO2S. The van der Waals surface area contributed by atoms with Gasteiger partial charge in [0.05, 0.1) is 5.69 Å². The van der Waals surface area contributed by atoms with E-state index in [4.69, 9.17) is 0 Å². The average Bonchev–Trinajstić information content (AvgIpc) is 2.46. The molecule has 1 aromatic heterocycles. The number of hydrogen-bond acceptors (Lipinski definition) is 3. The topological polar surface area (TPSA) is 50.2 Å². The molecule has 2 rings (SSSR count). The molecule has 0 fully saturated rings. The van der Waals surface area contributed by atoms with E-state index in [1.54, 1.807) is 6.20 Å². The first-order chi connectivity index (χ1) is 9.66. The number of rotatable bonds is 6. The molecule has 104 valence electrons. The molecule has 2 aromatic rings. The summed E-state index contributed by atoms with van der Waals surface area (Å²) in [5.41, 5.74) is 3.10. The highest BCUT2D eigenvalue weighted by molar-refractivity contribution is 7.99. The maximum absolute atomic E-state index is 11.4. The van der Waals surface area contributed by atoms with E-state index >= 15 is 0 Å². The third-order valence-electron chi connectivity index (χ3n) is 3.08. The molecule has 0 aliphatic rings. The minimum atomic E-state index is -0.771. The van der Waals surface area contributed by atoms with Gasteiger partial charge in [0.2, 0.25) is 0 Å². The summed E-state index contributed by atoms with van der Waals surface area (Å²) in [5, 5.41) is 8.90. The third-order valence-corrected chi connectivity index (χ3v) is 4.29. The van der Waals surface area contributed by atoms with E-state index in [9.17, 15) is 9.90 Å². The van der Waals surface area contributed by atoms with Crippen LogP contribution < -0.4 is 0 Å². The maximum Gasteiger partial charge on any atom is 0.316 e. The predicted molar refractivity (Wildman–Crippen MR) is 81.8 cm³/mol. The van der Waals surface area contributed by atoms with Crippen LogP contribution in [-0.4, -0.2) is 21.3 Å². The number of aromatic nitrogens is 1. The van der Waals surface area contributed by atoms with Gasteiger partial charge in [-0.3, -0.25) is 9.78 Å². The fourth-order valence-corrected chi connectivity index (χ4v) is 3.01. The normalized spacial score (nSPS) is 12.1. The number of carbonyl (C=O) groups is 1. The quantitative estimate of drug-likeness (QED) is 0.885. The van der Waals surface area contributed by atoms with E-state index in [2.05, 4.69) is 4.98 Å².